The molecule has 0 bridgehead atoms. The molecule has 1 aliphatic rings. The average Bonchev–Trinajstić information content (AvgIpc) is 2.55. The quantitative estimate of drug-likeness (QED) is 0.544. The van der Waals surface area contributed by atoms with Crippen molar-refractivity contribution in [3.63, 3.8) is 0 Å². The van der Waals surface area contributed by atoms with Crippen molar-refractivity contribution in [2.45, 2.75) is 13.0 Å². The molecular weight excluding hydrogens is 324 g/mol. The highest BCUT2D eigenvalue weighted by atomic mass is 32.1. The number of halogens is 2. The summed E-state index contributed by atoms with van der Waals surface area (Å²) >= 11 is 4.93. The molecule has 2 rings (SSSR count). The Bertz CT molecular complexity index is 593. The molecule has 0 aliphatic carbocycles. The Labute approximate surface area is 138 Å². The standard InChI is InChI=1S/C15H17F2N3O2S/c1-2-7-21-15(23)20-13-12(17)8-18-14(19-13)22-9-10-3-5-11(16)6-4-10/h2-6,14,18-19H,1,7-9H2,(H,20,23). The molecule has 0 saturated carbocycles. The number of benzene rings is 1. The first-order chi connectivity index (χ1) is 11.1. The van der Waals surface area contributed by atoms with Crippen molar-refractivity contribution < 1.29 is 18.3 Å². The molecule has 1 atom stereocenters. The maximum absolute atomic E-state index is 13.8. The Morgan fingerprint density at radius 1 is 1.39 bits per heavy atom. The lowest BCUT2D eigenvalue weighted by atomic mass is 10.2. The van der Waals surface area contributed by atoms with E-state index in [0.29, 0.717) is 0 Å². The zero-order chi connectivity index (χ0) is 16.7. The Morgan fingerprint density at radius 2 is 2.13 bits per heavy atom. The molecule has 8 heteroatoms. The molecule has 0 spiro atoms. The first-order valence-corrected chi connectivity index (χ1v) is 7.28. The van der Waals surface area contributed by atoms with E-state index in [-0.39, 0.29) is 36.6 Å². The molecule has 1 aromatic carbocycles. The fourth-order valence-corrected chi connectivity index (χ4v) is 1.94. The third-order valence-electron chi connectivity index (χ3n) is 2.88. The summed E-state index contributed by atoms with van der Waals surface area (Å²) in [5.41, 5.74) is 0.796. The summed E-state index contributed by atoms with van der Waals surface area (Å²) < 4.78 is 37.3. The zero-order valence-electron chi connectivity index (χ0n) is 12.3. The van der Waals surface area contributed by atoms with Gasteiger partial charge in [0.25, 0.3) is 5.17 Å². The summed E-state index contributed by atoms with van der Waals surface area (Å²) in [6.07, 6.45) is 0.910. The highest BCUT2D eigenvalue weighted by molar-refractivity contribution is 7.80. The fourth-order valence-electron chi connectivity index (χ4n) is 1.77. The first-order valence-electron chi connectivity index (χ1n) is 6.88. The summed E-state index contributed by atoms with van der Waals surface area (Å²) in [7, 11) is 0. The van der Waals surface area contributed by atoms with Crippen molar-refractivity contribution in [2.75, 3.05) is 13.2 Å². The third kappa shape index (κ3) is 5.59. The number of hydrogen-bond donors (Lipinski definition) is 3. The van der Waals surface area contributed by atoms with Crippen LogP contribution in [-0.2, 0) is 16.1 Å². The van der Waals surface area contributed by atoms with Gasteiger partial charge in [0, 0.05) is 0 Å². The van der Waals surface area contributed by atoms with Crippen molar-refractivity contribution in [2.24, 2.45) is 0 Å². The monoisotopic (exact) mass is 341 g/mol. The molecule has 0 amide bonds. The smallest absolute Gasteiger partial charge is 0.262 e. The van der Waals surface area contributed by atoms with E-state index in [0.717, 1.165) is 5.56 Å². The molecule has 0 radical (unpaired) electrons. The van der Waals surface area contributed by atoms with Crippen LogP contribution in [0.2, 0.25) is 0 Å². The highest BCUT2D eigenvalue weighted by Gasteiger charge is 2.21. The molecule has 1 aromatic rings. The first kappa shape index (κ1) is 17.3. The van der Waals surface area contributed by atoms with Gasteiger partial charge in [-0.15, -0.1) is 0 Å². The number of nitrogens with one attached hydrogen (secondary N) is 3. The SMILES string of the molecule is C=CCOC(=S)NC1=C(F)CNC(OCc2ccc(F)cc2)N1. The minimum absolute atomic E-state index is 0.0203. The molecule has 3 N–H and O–H groups in total. The van der Waals surface area contributed by atoms with Gasteiger partial charge in [-0.1, -0.05) is 24.8 Å². The second-order valence-corrected chi connectivity index (χ2v) is 5.01. The third-order valence-corrected chi connectivity index (χ3v) is 3.10. The molecule has 5 nitrogen and oxygen atoms in total. The maximum Gasteiger partial charge on any atom is 0.262 e. The van der Waals surface area contributed by atoms with Crippen molar-refractivity contribution in [3.05, 3.63) is 59.9 Å². The topological polar surface area (TPSA) is 54.5 Å². The molecule has 1 aliphatic heterocycles. The molecule has 1 heterocycles. The largest absolute Gasteiger partial charge is 0.467 e. The number of hydrogen-bond acceptors (Lipinski definition) is 5. The molecule has 0 aromatic heterocycles. The normalized spacial score (nSPS) is 17.4. The van der Waals surface area contributed by atoms with E-state index in [1.54, 1.807) is 12.1 Å². The summed E-state index contributed by atoms with van der Waals surface area (Å²) in [5.74, 6) is -0.676. The van der Waals surface area contributed by atoms with Crippen LogP contribution in [0.3, 0.4) is 0 Å². The van der Waals surface area contributed by atoms with Crippen LogP contribution < -0.4 is 16.0 Å². The van der Waals surface area contributed by atoms with Crippen LogP contribution in [0.25, 0.3) is 0 Å². The van der Waals surface area contributed by atoms with Crippen LogP contribution >= 0.6 is 12.2 Å². The molecule has 124 valence electrons. The predicted molar refractivity (Wildman–Crippen MR) is 86.1 cm³/mol. The number of ether oxygens (including phenoxy) is 2. The van der Waals surface area contributed by atoms with Gasteiger partial charge in [-0.2, -0.15) is 0 Å². The second-order valence-electron chi connectivity index (χ2n) is 4.63. The van der Waals surface area contributed by atoms with Crippen LogP contribution in [0.5, 0.6) is 0 Å². The van der Waals surface area contributed by atoms with E-state index in [2.05, 4.69) is 22.5 Å². The van der Waals surface area contributed by atoms with E-state index in [1.165, 1.54) is 18.2 Å². The number of thiocarbonyl (C=S) groups is 1. The van der Waals surface area contributed by atoms with Crippen molar-refractivity contribution in [1.82, 2.24) is 16.0 Å². The van der Waals surface area contributed by atoms with Gasteiger partial charge in [-0.25, -0.2) is 8.78 Å². The van der Waals surface area contributed by atoms with Gasteiger partial charge in [0.15, 0.2) is 12.2 Å². The lowest BCUT2D eigenvalue weighted by molar-refractivity contribution is -0.00434. The summed E-state index contributed by atoms with van der Waals surface area (Å²) in [6, 6.07) is 5.93. The molecule has 0 fully saturated rings. The van der Waals surface area contributed by atoms with Crippen molar-refractivity contribution in [1.29, 1.82) is 0 Å². The zero-order valence-corrected chi connectivity index (χ0v) is 13.1. The van der Waals surface area contributed by atoms with Gasteiger partial charge >= 0.3 is 0 Å². The lowest BCUT2D eigenvalue weighted by Crippen LogP contribution is -2.52. The Hall–Kier alpha value is -2.03. The molecular formula is C15H17F2N3O2S. The fraction of sp³-hybridized carbons (Fsp3) is 0.267. The van der Waals surface area contributed by atoms with Crippen LogP contribution in [-0.4, -0.2) is 24.7 Å². The Morgan fingerprint density at radius 3 is 2.83 bits per heavy atom. The van der Waals surface area contributed by atoms with Gasteiger partial charge < -0.3 is 20.1 Å². The van der Waals surface area contributed by atoms with Crippen LogP contribution in [0.4, 0.5) is 8.78 Å². The van der Waals surface area contributed by atoms with Gasteiger partial charge in [-0.05, 0) is 29.9 Å². The highest BCUT2D eigenvalue weighted by Crippen LogP contribution is 2.09. The van der Waals surface area contributed by atoms with E-state index in [1.807, 2.05) is 0 Å². The van der Waals surface area contributed by atoms with E-state index >= 15 is 0 Å². The molecule has 23 heavy (non-hydrogen) atoms. The second kappa shape index (κ2) is 8.56. The number of rotatable bonds is 6. The summed E-state index contributed by atoms with van der Waals surface area (Å²) in [6.45, 7) is 3.94. The van der Waals surface area contributed by atoms with Gasteiger partial charge in [-0.3, -0.25) is 5.32 Å². The van der Waals surface area contributed by atoms with Gasteiger partial charge in [0.1, 0.15) is 18.2 Å². The predicted octanol–water partition coefficient (Wildman–Crippen LogP) is 2.03. The van der Waals surface area contributed by atoms with Gasteiger partial charge in [0.2, 0.25) is 0 Å². The average molecular weight is 341 g/mol. The summed E-state index contributed by atoms with van der Waals surface area (Å²) in [5, 5.41) is 8.26. The maximum atomic E-state index is 13.8. The Balaban J connectivity index is 1.85. The Kier molecular flexibility index (Phi) is 6.45. The van der Waals surface area contributed by atoms with Crippen molar-refractivity contribution in [3.8, 4) is 0 Å². The molecule has 1 unspecified atom stereocenters. The minimum Gasteiger partial charge on any atom is -0.467 e. The molecule has 0 saturated heterocycles. The van der Waals surface area contributed by atoms with Crippen LogP contribution in [0.15, 0.2) is 48.6 Å². The van der Waals surface area contributed by atoms with Crippen molar-refractivity contribution >= 4 is 17.4 Å². The minimum atomic E-state index is -0.621. The van der Waals surface area contributed by atoms with E-state index in [9.17, 15) is 8.78 Å². The van der Waals surface area contributed by atoms with Crippen LogP contribution in [0.1, 0.15) is 5.56 Å². The van der Waals surface area contributed by atoms with E-state index in [4.69, 9.17) is 21.7 Å². The van der Waals surface area contributed by atoms with Crippen LogP contribution in [0, 0.1) is 5.82 Å². The summed E-state index contributed by atoms with van der Waals surface area (Å²) in [4.78, 5) is 0. The van der Waals surface area contributed by atoms with E-state index < -0.39 is 12.2 Å². The lowest BCUT2D eigenvalue weighted by Gasteiger charge is -2.28. The van der Waals surface area contributed by atoms with Gasteiger partial charge in [0.05, 0.1) is 13.2 Å².